The summed E-state index contributed by atoms with van der Waals surface area (Å²) >= 11 is 5.63. The van der Waals surface area contributed by atoms with Gasteiger partial charge in [0.05, 0.1) is 10.6 Å². The first-order valence-corrected chi connectivity index (χ1v) is 10.9. The molecule has 1 saturated heterocycles. The third kappa shape index (κ3) is 3.88. The van der Waals surface area contributed by atoms with Crippen LogP contribution in [0.5, 0.6) is 5.75 Å². The van der Waals surface area contributed by atoms with Crippen LogP contribution in [-0.2, 0) is 9.53 Å². The van der Waals surface area contributed by atoms with E-state index in [1.54, 1.807) is 4.90 Å². The van der Waals surface area contributed by atoms with Gasteiger partial charge < -0.3 is 19.7 Å². The maximum absolute atomic E-state index is 13.5. The van der Waals surface area contributed by atoms with E-state index in [0.29, 0.717) is 37.8 Å². The Morgan fingerprint density at radius 1 is 1.12 bits per heavy atom. The number of carbonyl (C=O) groups is 2. The Morgan fingerprint density at radius 3 is 2.55 bits per heavy atom. The van der Waals surface area contributed by atoms with Gasteiger partial charge in [-0.2, -0.15) is 0 Å². The lowest BCUT2D eigenvalue weighted by atomic mass is 9.43. The lowest BCUT2D eigenvalue weighted by Gasteiger charge is -2.73. The van der Waals surface area contributed by atoms with Gasteiger partial charge in [0, 0.05) is 24.6 Å². The highest BCUT2D eigenvalue weighted by Gasteiger charge is 2.72. The van der Waals surface area contributed by atoms with E-state index in [-0.39, 0.29) is 34.4 Å². The van der Waals surface area contributed by atoms with Gasteiger partial charge in [-0.25, -0.2) is 18.0 Å². The molecule has 10 heteroatoms. The third-order valence-electron chi connectivity index (χ3n) is 6.63. The van der Waals surface area contributed by atoms with Gasteiger partial charge in [0.1, 0.15) is 17.7 Å². The second-order valence-corrected chi connectivity index (χ2v) is 9.34. The summed E-state index contributed by atoms with van der Waals surface area (Å²) < 4.78 is 50.9. The molecule has 2 amide bonds. The van der Waals surface area contributed by atoms with Crippen LogP contribution in [-0.4, -0.2) is 41.1 Å². The Labute approximate surface area is 192 Å². The van der Waals surface area contributed by atoms with E-state index in [1.165, 1.54) is 18.2 Å². The minimum atomic E-state index is -0.978. The molecule has 2 bridgehead atoms. The SMILES string of the molecule is O=C(COc1ccc(Cl)c(F)c1)NC12CC(N3CCC(c4ccc(F)c(F)c4)OC3=O)(C1)C2. The van der Waals surface area contributed by atoms with E-state index >= 15 is 0 Å². The first kappa shape index (κ1) is 21.9. The summed E-state index contributed by atoms with van der Waals surface area (Å²) in [6.45, 7) is 0.162. The maximum atomic E-state index is 13.5. The van der Waals surface area contributed by atoms with Crippen molar-refractivity contribution in [1.29, 1.82) is 0 Å². The van der Waals surface area contributed by atoms with E-state index in [9.17, 15) is 22.8 Å². The number of carbonyl (C=O) groups excluding carboxylic acids is 2. The summed E-state index contributed by atoms with van der Waals surface area (Å²) in [5.74, 6) is -2.69. The number of halogens is 4. The minimum absolute atomic E-state index is 0.0293. The van der Waals surface area contributed by atoms with Gasteiger partial charge in [0.15, 0.2) is 18.2 Å². The van der Waals surface area contributed by atoms with E-state index in [2.05, 4.69) is 5.32 Å². The van der Waals surface area contributed by atoms with Crippen LogP contribution in [0.25, 0.3) is 0 Å². The molecule has 1 unspecified atom stereocenters. The Kier molecular flexibility index (Phi) is 5.19. The summed E-state index contributed by atoms with van der Waals surface area (Å²) in [5.41, 5.74) is -0.323. The first-order valence-electron chi connectivity index (χ1n) is 10.5. The topological polar surface area (TPSA) is 67.9 Å². The summed E-state index contributed by atoms with van der Waals surface area (Å²) in [6.07, 6.45) is 1.15. The molecule has 1 N–H and O–H groups in total. The summed E-state index contributed by atoms with van der Waals surface area (Å²) in [5, 5.41) is 2.91. The average molecular weight is 481 g/mol. The Morgan fingerprint density at radius 2 is 1.88 bits per heavy atom. The fourth-order valence-electron chi connectivity index (χ4n) is 5.16. The Hall–Kier alpha value is -2.94. The van der Waals surface area contributed by atoms with Crippen LogP contribution in [0.2, 0.25) is 5.02 Å². The predicted molar refractivity (Wildman–Crippen MR) is 111 cm³/mol. The largest absolute Gasteiger partial charge is 0.484 e. The maximum Gasteiger partial charge on any atom is 0.410 e. The second kappa shape index (κ2) is 7.83. The van der Waals surface area contributed by atoms with Crippen molar-refractivity contribution in [3.05, 3.63) is 64.4 Å². The van der Waals surface area contributed by atoms with Gasteiger partial charge in [-0.05, 0) is 49.1 Å². The zero-order chi connectivity index (χ0) is 23.4. The van der Waals surface area contributed by atoms with E-state index < -0.39 is 29.6 Å². The summed E-state index contributed by atoms with van der Waals surface area (Å²) in [6, 6.07) is 7.42. The lowest BCUT2D eigenvalue weighted by molar-refractivity contribution is -0.183. The van der Waals surface area contributed by atoms with Gasteiger partial charge in [-0.3, -0.25) is 4.79 Å². The molecular formula is C23H20ClF3N2O4. The fraction of sp³-hybridized carbons (Fsp3) is 0.391. The molecule has 2 aromatic carbocycles. The molecule has 6 rings (SSSR count). The van der Waals surface area contributed by atoms with Crippen LogP contribution < -0.4 is 10.1 Å². The van der Waals surface area contributed by atoms with Crippen LogP contribution in [0.3, 0.4) is 0 Å². The van der Waals surface area contributed by atoms with Crippen molar-refractivity contribution in [1.82, 2.24) is 10.2 Å². The highest BCUT2D eigenvalue weighted by molar-refractivity contribution is 6.30. The fourth-order valence-corrected chi connectivity index (χ4v) is 5.28. The van der Waals surface area contributed by atoms with Crippen LogP contribution in [0.1, 0.15) is 37.4 Å². The predicted octanol–water partition coefficient (Wildman–Crippen LogP) is 4.51. The first-order chi connectivity index (χ1) is 15.7. The normalized spacial score (nSPS) is 27.8. The van der Waals surface area contributed by atoms with E-state index in [4.69, 9.17) is 21.1 Å². The van der Waals surface area contributed by atoms with Crippen molar-refractivity contribution in [3.8, 4) is 5.75 Å². The zero-order valence-corrected chi connectivity index (χ0v) is 18.1. The molecule has 4 aliphatic rings. The molecule has 6 nitrogen and oxygen atoms in total. The molecule has 0 spiro atoms. The second-order valence-electron chi connectivity index (χ2n) is 8.93. The van der Waals surface area contributed by atoms with Gasteiger partial charge in [0.25, 0.3) is 5.91 Å². The minimum Gasteiger partial charge on any atom is -0.484 e. The van der Waals surface area contributed by atoms with E-state index in [1.807, 2.05) is 0 Å². The number of rotatable bonds is 6. The molecule has 3 aliphatic carbocycles. The van der Waals surface area contributed by atoms with Crippen LogP contribution in [0.15, 0.2) is 36.4 Å². The lowest BCUT2D eigenvalue weighted by Crippen LogP contribution is -2.84. The quantitative estimate of drug-likeness (QED) is 0.660. The molecule has 2 aromatic rings. The van der Waals surface area contributed by atoms with Gasteiger partial charge >= 0.3 is 6.09 Å². The van der Waals surface area contributed by atoms with Crippen molar-refractivity contribution in [2.75, 3.05) is 13.2 Å². The standard InChI is InChI=1S/C23H20ClF3N2O4/c24-15-3-2-14(8-17(15)26)32-9-20(30)28-22-10-23(11-22,12-22)29-6-5-19(33-21(29)31)13-1-4-16(25)18(27)7-13/h1-4,7-8,19H,5-6,9-12H2,(H,28,30). The summed E-state index contributed by atoms with van der Waals surface area (Å²) in [7, 11) is 0. The molecule has 0 aromatic heterocycles. The van der Waals surface area contributed by atoms with Crippen molar-refractivity contribution in [2.45, 2.75) is 42.9 Å². The molecular weight excluding hydrogens is 461 g/mol. The van der Waals surface area contributed by atoms with Crippen molar-refractivity contribution >= 4 is 23.6 Å². The van der Waals surface area contributed by atoms with Gasteiger partial charge in [0.2, 0.25) is 0 Å². The third-order valence-corrected chi connectivity index (χ3v) is 6.94. The van der Waals surface area contributed by atoms with Crippen molar-refractivity contribution < 1.29 is 32.2 Å². The van der Waals surface area contributed by atoms with E-state index in [0.717, 1.165) is 18.2 Å². The molecule has 4 fully saturated rings. The molecule has 3 saturated carbocycles. The number of amides is 2. The smallest absolute Gasteiger partial charge is 0.410 e. The van der Waals surface area contributed by atoms with Crippen molar-refractivity contribution in [3.63, 3.8) is 0 Å². The number of nitrogens with one attached hydrogen (secondary N) is 1. The number of hydrogen-bond acceptors (Lipinski definition) is 4. The van der Waals surface area contributed by atoms with Crippen LogP contribution in [0.4, 0.5) is 18.0 Å². The highest BCUT2D eigenvalue weighted by atomic mass is 35.5. The highest BCUT2D eigenvalue weighted by Crippen LogP contribution is 2.64. The molecule has 0 radical (unpaired) electrons. The number of ether oxygens (including phenoxy) is 2. The molecule has 174 valence electrons. The number of benzene rings is 2. The molecule has 1 heterocycles. The Bertz CT molecular complexity index is 1120. The van der Waals surface area contributed by atoms with Crippen LogP contribution in [0, 0.1) is 17.5 Å². The number of nitrogens with zero attached hydrogens (tertiary/aromatic N) is 1. The van der Waals surface area contributed by atoms with Crippen molar-refractivity contribution in [2.24, 2.45) is 0 Å². The molecule has 1 atom stereocenters. The van der Waals surface area contributed by atoms with Crippen LogP contribution >= 0.6 is 11.6 Å². The summed E-state index contributed by atoms with van der Waals surface area (Å²) in [4.78, 5) is 26.6. The Balaban J connectivity index is 1.11. The molecule has 1 aliphatic heterocycles. The van der Waals surface area contributed by atoms with Gasteiger partial charge in [-0.15, -0.1) is 0 Å². The monoisotopic (exact) mass is 480 g/mol. The number of cyclic esters (lactones) is 1. The van der Waals surface area contributed by atoms with Gasteiger partial charge in [-0.1, -0.05) is 17.7 Å². The molecule has 33 heavy (non-hydrogen) atoms. The average Bonchev–Trinajstić information content (AvgIpc) is 2.73. The zero-order valence-electron chi connectivity index (χ0n) is 17.4. The number of hydrogen-bond donors (Lipinski definition) is 1.